The van der Waals surface area contributed by atoms with Crippen molar-refractivity contribution in [2.24, 2.45) is 5.73 Å². The van der Waals surface area contributed by atoms with Crippen molar-refractivity contribution in [3.8, 4) is 0 Å². The van der Waals surface area contributed by atoms with E-state index in [1.165, 1.54) is 0 Å². The number of benzene rings is 1. The molecule has 0 aliphatic rings. The van der Waals surface area contributed by atoms with E-state index in [1.807, 2.05) is 42.5 Å². The quantitative estimate of drug-likeness (QED) is 0.751. The Morgan fingerprint density at radius 3 is 2.61 bits per heavy atom. The summed E-state index contributed by atoms with van der Waals surface area (Å²) >= 11 is 0. The van der Waals surface area contributed by atoms with Crippen molar-refractivity contribution in [3.05, 3.63) is 54.2 Å². The normalized spacial score (nSPS) is 12.1. The number of hydrogen-bond acceptors (Lipinski definition) is 4. The van der Waals surface area contributed by atoms with Gasteiger partial charge in [0.15, 0.2) is 0 Å². The molecule has 0 saturated carbocycles. The van der Waals surface area contributed by atoms with Gasteiger partial charge >= 0.3 is 0 Å². The fraction of sp³-hybridized carbons (Fsp3) is 0.214. The number of nitrogen functional groups attached to an aromatic ring is 1. The Morgan fingerprint density at radius 2 is 1.89 bits per heavy atom. The van der Waals surface area contributed by atoms with Gasteiger partial charge in [-0.15, -0.1) is 0 Å². The predicted molar refractivity (Wildman–Crippen MR) is 75.1 cm³/mol. The Kier molecular flexibility index (Phi) is 4.15. The highest BCUT2D eigenvalue weighted by Gasteiger charge is 2.05. The van der Waals surface area contributed by atoms with Gasteiger partial charge in [-0.3, -0.25) is 0 Å². The Bertz CT molecular complexity index is 484. The summed E-state index contributed by atoms with van der Waals surface area (Å²) in [5, 5.41) is 3.25. The van der Waals surface area contributed by atoms with Crippen molar-refractivity contribution in [2.75, 3.05) is 17.6 Å². The van der Waals surface area contributed by atoms with Crippen LogP contribution in [0.4, 0.5) is 11.5 Å². The molecule has 0 amide bonds. The van der Waals surface area contributed by atoms with Gasteiger partial charge in [0.1, 0.15) is 5.82 Å². The van der Waals surface area contributed by atoms with Gasteiger partial charge in [0.25, 0.3) is 0 Å². The van der Waals surface area contributed by atoms with E-state index in [9.17, 15) is 0 Å². The number of hydrogen-bond donors (Lipinski definition) is 3. The molecule has 1 heterocycles. The number of pyridine rings is 1. The van der Waals surface area contributed by atoms with E-state index >= 15 is 0 Å². The van der Waals surface area contributed by atoms with E-state index in [0.717, 1.165) is 24.2 Å². The second-order valence-corrected chi connectivity index (χ2v) is 4.17. The van der Waals surface area contributed by atoms with Gasteiger partial charge in [0.05, 0.1) is 5.69 Å². The lowest BCUT2D eigenvalue weighted by atomic mass is 10.1. The molecular weight excluding hydrogens is 224 g/mol. The first-order valence-corrected chi connectivity index (χ1v) is 6.02. The third-order valence-electron chi connectivity index (χ3n) is 2.84. The van der Waals surface area contributed by atoms with Crippen LogP contribution < -0.4 is 16.8 Å². The zero-order valence-corrected chi connectivity index (χ0v) is 10.2. The van der Waals surface area contributed by atoms with Crippen LogP contribution in [0.5, 0.6) is 0 Å². The predicted octanol–water partition coefficient (Wildman–Crippen LogP) is 2.17. The lowest BCUT2D eigenvalue weighted by molar-refractivity contribution is 0.675. The zero-order valence-electron chi connectivity index (χ0n) is 10.2. The first kappa shape index (κ1) is 12.4. The smallest absolute Gasteiger partial charge is 0.146 e. The average Bonchev–Trinajstić information content (AvgIpc) is 2.42. The molecule has 0 radical (unpaired) electrons. The van der Waals surface area contributed by atoms with Crippen LogP contribution in [-0.2, 0) is 0 Å². The lowest BCUT2D eigenvalue weighted by Gasteiger charge is -2.13. The monoisotopic (exact) mass is 242 g/mol. The summed E-state index contributed by atoms with van der Waals surface area (Å²) in [5.74, 6) is 0.519. The molecule has 0 spiro atoms. The van der Waals surface area contributed by atoms with Crippen LogP contribution in [-0.4, -0.2) is 11.5 Å². The molecule has 1 aromatic carbocycles. The molecule has 0 aliphatic carbocycles. The molecule has 4 nitrogen and oxygen atoms in total. The van der Waals surface area contributed by atoms with Crippen molar-refractivity contribution in [1.29, 1.82) is 0 Å². The van der Waals surface area contributed by atoms with Crippen LogP contribution in [0.3, 0.4) is 0 Å². The van der Waals surface area contributed by atoms with E-state index in [4.69, 9.17) is 11.5 Å². The third-order valence-corrected chi connectivity index (χ3v) is 2.84. The van der Waals surface area contributed by atoms with Crippen LogP contribution in [0.2, 0.25) is 0 Å². The van der Waals surface area contributed by atoms with Gasteiger partial charge in [-0.25, -0.2) is 4.98 Å². The highest BCUT2D eigenvalue weighted by Crippen LogP contribution is 2.16. The summed E-state index contributed by atoms with van der Waals surface area (Å²) in [6, 6.07) is 13.9. The first-order chi connectivity index (χ1) is 8.77. The van der Waals surface area contributed by atoms with Crippen LogP contribution in [0.25, 0.3) is 0 Å². The topological polar surface area (TPSA) is 77.0 Å². The summed E-state index contributed by atoms with van der Waals surface area (Å²) in [6.45, 7) is 0.770. The first-order valence-electron chi connectivity index (χ1n) is 6.02. The van der Waals surface area contributed by atoms with Crippen LogP contribution in [0.15, 0.2) is 48.7 Å². The summed E-state index contributed by atoms with van der Waals surface area (Å²) in [5.41, 5.74) is 13.9. The molecule has 0 fully saturated rings. The zero-order chi connectivity index (χ0) is 12.8. The molecule has 0 saturated heterocycles. The van der Waals surface area contributed by atoms with Gasteiger partial charge < -0.3 is 16.8 Å². The third kappa shape index (κ3) is 3.21. The molecule has 2 rings (SSSR count). The second-order valence-electron chi connectivity index (χ2n) is 4.17. The minimum atomic E-state index is 0.0385. The molecule has 94 valence electrons. The largest absolute Gasteiger partial charge is 0.382 e. The lowest BCUT2D eigenvalue weighted by Crippen LogP contribution is -2.15. The SMILES string of the molecule is Nc1ncccc1NCC[C@H](N)c1ccccc1. The van der Waals surface area contributed by atoms with Gasteiger partial charge in [0, 0.05) is 18.8 Å². The molecule has 0 unspecified atom stereocenters. The highest BCUT2D eigenvalue weighted by atomic mass is 14.9. The van der Waals surface area contributed by atoms with E-state index in [-0.39, 0.29) is 6.04 Å². The fourth-order valence-electron chi connectivity index (χ4n) is 1.80. The van der Waals surface area contributed by atoms with Crippen LogP contribution in [0, 0.1) is 0 Å². The van der Waals surface area contributed by atoms with Crippen molar-refractivity contribution in [3.63, 3.8) is 0 Å². The maximum Gasteiger partial charge on any atom is 0.146 e. The van der Waals surface area contributed by atoms with Gasteiger partial charge in [-0.1, -0.05) is 30.3 Å². The van der Waals surface area contributed by atoms with Gasteiger partial charge in [-0.2, -0.15) is 0 Å². The average molecular weight is 242 g/mol. The van der Waals surface area contributed by atoms with Crippen molar-refractivity contribution < 1.29 is 0 Å². The molecule has 1 aromatic heterocycles. The van der Waals surface area contributed by atoms with E-state index in [1.54, 1.807) is 6.20 Å². The standard InChI is InChI=1S/C14H18N4/c15-12(11-5-2-1-3-6-11)8-10-17-13-7-4-9-18-14(13)16/h1-7,9,12,17H,8,10,15H2,(H2,16,18)/t12-/m0/s1. The summed E-state index contributed by atoms with van der Waals surface area (Å²) in [6.07, 6.45) is 2.52. The van der Waals surface area contributed by atoms with E-state index in [2.05, 4.69) is 10.3 Å². The van der Waals surface area contributed by atoms with E-state index < -0.39 is 0 Å². The summed E-state index contributed by atoms with van der Waals surface area (Å²) in [7, 11) is 0. The summed E-state index contributed by atoms with van der Waals surface area (Å²) < 4.78 is 0. The Hall–Kier alpha value is -2.07. The maximum atomic E-state index is 6.11. The maximum absolute atomic E-state index is 6.11. The molecule has 1 atom stereocenters. The summed E-state index contributed by atoms with van der Waals surface area (Å²) in [4.78, 5) is 4.02. The highest BCUT2D eigenvalue weighted by molar-refractivity contribution is 5.60. The van der Waals surface area contributed by atoms with Crippen molar-refractivity contribution in [2.45, 2.75) is 12.5 Å². The molecule has 2 aromatic rings. The molecule has 0 aliphatic heterocycles. The van der Waals surface area contributed by atoms with Gasteiger partial charge in [-0.05, 0) is 24.1 Å². The Morgan fingerprint density at radius 1 is 1.11 bits per heavy atom. The van der Waals surface area contributed by atoms with Crippen molar-refractivity contribution in [1.82, 2.24) is 4.98 Å². The fourth-order valence-corrected chi connectivity index (χ4v) is 1.80. The number of anilines is 2. The number of nitrogens with two attached hydrogens (primary N) is 2. The van der Waals surface area contributed by atoms with Crippen LogP contribution >= 0.6 is 0 Å². The molecule has 5 N–H and O–H groups in total. The van der Waals surface area contributed by atoms with Crippen LogP contribution in [0.1, 0.15) is 18.0 Å². The Labute approximate surface area is 107 Å². The van der Waals surface area contributed by atoms with Crippen molar-refractivity contribution >= 4 is 11.5 Å². The minimum Gasteiger partial charge on any atom is -0.382 e. The molecule has 18 heavy (non-hydrogen) atoms. The van der Waals surface area contributed by atoms with E-state index in [0.29, 0.717) is 5.82 Å². The minimum absolute atomic E-state index is 0.0385. The molecular formula is C14H18N4. The van der Waals surface area contributed by atoms with Gasteiger partial charge in [0.2, 0.25) is 0 Å². The number of nitrogens with one attached hydrogen (secondary N) is 1. The molecule has 4 heteroatoms. The number of aromatic nitrogens is 1. The number of nitrogens with zero attached hydrogens (tertiary/aromatic N) is 1. The number of rotatable bonds is 5. The Balaban J connectivity index is 1.84. The molecule has 0 bridgehead atoms. The second kappa shape index (κ2) is 6.02.